The molecule has 0 unspecified atom stereocenters. The van der Waals surface area contributed by atoms with E-state index in [2.05, 4.69) is 6.92 Å². The molecule has 0 radical (unpaired) electrons. The van der Waals surface area contributed by atoms with Gasteiger partial charge in [-0.3, -0.25) is 9.69 Å². The second kappa shape index (κ2) is 7.09. The van der Waals surface area contributed by atoms with Crippen molar-refractivity contribution in [2.45, 2.75) is 33.3 Å². The Labute approximate surface area is 135 Å². The molecular weight excluding hydrogens is 302 g/mol. The molecule has 2 rings (SSSR count). The first-order chi connectivity index (χ1) is 10.0. The number of rotatable bonds is 5. The second-order valence-corrected chi connectivity index (χ2v) is 6.51. The van der Waals surface area contributed by atoms with Crippen molar-refractivity contribution in [3.05, 3.63) is 34.7 Å². The minimum atomic E-state index is -0.00701. The van der Waals surface area contributed by atoms with Crippen LogP contribution in [-0.2, 0) is 4.79 Å². The van der Waals surface area contributed by atoms with Gasteiger partial charge in [0.1, 0.15) is 10.1 Å². The molecule has 0 bridgehead atoms. The van der Waals surface area contributed by atoms with E-state index < -0.39 is 0 Å². The average molecular weight is 321 g/mol. The molecule has 0 spiro atoms. The Balaban J connectivity index is 2.11. The number of ether oxygens (including phenoxy) is 1. The highest BCUT2D eigenvalue weighted by Gasteiger charge is 2.30. The standard InChI is InChI=1S/C16H19NO2S2/c1-4-11(3)19-13-8-6-12(7-9-13)10-14-15(18)17(5-2)16(20)21-14/h6-11H,4-5H2,1-3H3/b14-10+/t11-/m1/s1. The van der Waals surface area contributed by atoms with E-state index >= 15 is 0 Å². The van der Waals surface area contributed by atoms with Crippen LogP contribution < -0.4 is 4.74 Å². The van der Waals surface area contributed by atoms with Crippen molar-refractivity contribution in [1.29, 1.82) is 0 Å². The maximum Gasteiger partial charge on any atom is 0.266 e. The number of benzene rings is 1. The smallest absolute Gasteiger partial charge is 0.266 e. The van der Waals surface area contributed by atoms with Gasteiger partial charge in [0.15, 0.2) is 0 Å². The molecule has 1 amide bonds. The lowest BCUT2D eigenvalue weighted by Gasteiger charge is -2.12. The van der Waals surface area contributed by atoms with Gasteiger partial charge in [0.05, 0.1) is 11.0 Å². The highest BCUT2D eigenvalue weighted by Crippen LogP contribution is 2.32. The third kappa shape index (κ3) is 3.86. The molecular formula is C16H19NO2S2. The zero-order chi connectivity index (χ0) is 15.4. The number of thiocarbonyl (C=S) groups is 1. The predicted molar refractivity (Wildman–Crippen MR) is 92.4 cm³/mol. The molecule has 1 aliphatic heterocycles. The number of likely N-dealkylation sites (N-methyl/N-ethyl adjacent to an activating group) is 1. The van der Waals surface area contributed by atoms with E-state index in [9.17, 15) is 4.79 Å². The fourth-order valence-corrected chi connectivity index (χ4v) is 3.27. The van der Waals surface area contributed by atoms with E-state index in [1.165, 1.54) is 11.8 Å². The normalized spacial score (nSPS) is 18.4. The molecule has 1 saturated heterocycles. The molecule has 21 heavy (non-hydrogen) atoms. The number of hydrogen-bond acceptors (Lipinski definition) is 4. The molecule has 5 heteroatoms. The van der Waals surface area contributed by atoms with E-state index in [1.54, 1.807) is 4.90 Å². The summed E-state index contributed by atoms with van der Waals surface area (Å²) in [5.41, 5.74) is 0.975. The summed E-state index contributed by atoms with van der Waals surface area (Å²) in [6.45, 7) is 6.68. The number of carbonyl (C=O) groups is 1. The van der Waals surface area contributed by atoms with Crippen LogP contribution in [-0.4, -0.2) is 27.8 Å². The molecule has 1 atom stereocenters. The van der Waals surface area contributed by atoms with E-state index in [0.29, 0.717) is 15.8 Å². The minimum absolute atomic E-state index is 0.00701. The summed E-state index contributed by atoms with van der Waals surface area (Å²) in [4.78, 5) is 14.4. The Morgan fingerprint density at radius 2 is 2.00 bits per heavy atom. The van der Waals surface area contributed by atoms with Crippen LogP contribution in [0.15, 0.2) is 29.2 Å². The summed E-state index contributed by atoms with van der Waals surface area (Å²) in [7, 11) is 0. The number of amides is 1. The third-order valence-corrected chi connectivity index (χ3v) is 4.66. The first kappa shape index (κ1) is 16.0. The lowest BCUT2D eigenvalue weighted by molar-refractivity contribution is -0.121. The fourth-order valence-electron chi connectivity index (χ4n) is 1.88. The van der Waals surface area contributed by atoms with Gasteiger partial charge in [-0.25, -0.2) is 0 Å². The zero-order valence-corrected chi connectivity index (χ0v) is 14.1. The van der Waals surface area contributed by atoms with Crippen LogP contribution in [0.5, 0.6) is 5.75 Å². The summed E-state index contributed by atoms with van der Waals surface area (Å²) in [6, 6.07) is 7.77. The number of carbonyl (C=O) groups excluding carboxylic acids is 1. The van der Waals surface area contributed by atoms with Crippen LogP contribution in [0, 0.1) is 0 Å². The molecule has 112 valence electrons. The number of thioether (sulfide) groups is 1. The van der Waals surface area contributed by atoms with Crippen molar-refractivity contribution in [2.24, 2.45) is 0 Å². The van der Waals surface area contributed by atoms with E-state index in [-0.39, 0.29) is 12.0 Å². The molecule has 0 N–H and O–H groups in total. The van der Waals surface area contributed by atoms with Crippen molar-refractivity contribution in [3.63, 3.8) is 0 Å². The summed E-state index contributed by atoms with van der Waals surface area (Å²) >= 11 is 6.56. The van der Waals surface area contributed by atoms with E-state index in [0.717, 1.165) is 17.7 Å². The first-order valence-electron chi connectivity index (χ1n) is 7.07. The molecule has 1 aromatic rings. The van der Waals surface area contributed by atoms with Crippen LogP contribution in [0.3, 0.4) is 0 Å². The van der Waals surface area contributed by atoms with Crippen LogP contribution in [0.1, 0.15) is 32.8 Å². The van der Waals surface area contributed by atoms with Gasteiger partial charge in [-0.2, -0.15) is 0 Å². The predicted octanol–water partition coefficient (Wildman–Crippen LogP) is 4.09. The third-order valence-electron chi connectivity index (χ3n) is 3.28. The van der Waals surface area contributed by atoms with Crippen molar-refractivity contribution in [3.8, 4) is 5.75 Å². The molecule has 1 aliphatic rings. The Bertz CT molecular complexity index is 566. The Hall–Kier alpha value is -1.33. The van der Waals surface area contributed by atoms with Crippen molar-refractivity contribution in [1.82, 2.24) is 4.90 Å². The maximum atomic E-state index is 12.1. The van der Waals surface area contributed by atoms with Crippen LogP contribution >= 0.6 is 24.0 Å². The average Bonchev–Trinajstić information content (AvgIpc) is 2.74. The quantitative estimate of drug-likeness (QED) is 0.603. The van der Waals surface area contributed by atoms with Gasteiger partial charge in [0.2, 0.25) is 0 Å². The highest BCUT2D eigenvalue weighted by atomic mass is 32.2. The van der Waals surface area contributed by atoms with Crippen LogP contribution in [0.4, 0.5) is 0 Å². The van der Waals surface area contributed by atoms with Crippen molar-refractivity contribution in [2.75, 3.05) is 6.54 Å². The summed E-state index contributed by atoms with van der Waals surface area (Å²) in [6.07, 6.45) is 3.06. The van der Waals surface area contributed by atoms with Crippen LogP contribution in [0.25, 0.3) is 6.08 Å². The summed E-state index contributed by atoms with van der Waals surface area (Å²) in [5, 5.41) is 0. The van der Waals surface area contributed by atoms with Gasteiger partial charge in [0, 0.05) is 6.54 Å². The molecule has 0 aromatic heterocycles. The van der Waals surface area contributed by atoms with Gasteiger partial charge in [-0.1, -0.05) is 43.0 Å². The van der Waals surface area contributed by atoms with E-state index in [1.807, 2.05) is 44.2 Å². The SMILES string of the molecule is CC[C@@H](C)Oc1ccc(/C=C2/SC(=S)N(CC)C2=O)cc1. The first-order valence-corrected chi connectivity index (χ1v) is 8.29. The number of nitrogens with zero attached hydrogens (tertiary/aromatic N) is 1. The van der Waals surface area contributed by atoms with Crippen LogP contribution in [0.2, 0.25) is 0 Å². The van der Waals surface area contributed by atoms with Gasteiger partial charge >= 0.3 is 0 Å². The lowest BCUT2D eigenvalue weighted by atomic mass is 10.2. The van der Waals surface area contributed by atoms with Gasteiger partial charge in [-0.05, 0) is 44.0 Å². The summed E-state index contributed by atoms with van der Waals surface area (Å²) < 4.78 is 6.37. The molecule has 3 nitrogen and oxygen atoms in total. The Kier molecular flexibility index (Phi) is 5.42. The molecule has 1 fully saturated rings. The Morgan fingerprint density at radius 1 is 1.33 bits per heavy atom. The lowest BCUT2D eigenvalue weighted by Crippen LogP contribution is -2.27. The van der Waals surface area contributed by atoms with Gasteiger partial charge in [0.25, 0.3) is 5.91 Å². The second-order valence-electron chi connectivity index (χ2n) is 4.83. The molecule has 1 aromatic carbocycles. The monoisotopic (exact) mass is 321 g/mol. The molecule has 1 heterocycles. The summed E-state index contributed by atoms with van der Waals surface area (Å²) in [5.74, 6) is 0.843. The number of hydrogen-bond donors (Lipinski definition) is 0. The molecule has 0 saturated carbocycles. The van der Waals surface area contributed by atoms with Crippen molar-refractivity contribution >= 4 is 40.3 Å². The van der Waals surface area contributed by atoms with E-state index in [4.69, 9.17) is 17.0 Å². The van der Waals surface area contributed by atoms with Gasteiger partial charge < -0.3 is 4.74 Å². The van der Waals surface area contributed by atoms with Gasteiger partial charge in [-0.15, -0.1) is 0 Å². The maximum absolute atomic E-state index is 12.1. The zero-order valence-electron chi connectivity index (χ0n) is 12.5. The van der Waals surface area contributed by atoms with Crippen molar-refractivity contribution < 1.29 is 9.53 Å². The molecule has 0 aliphatic carbocycles. The highest BCUT2D eigenvalue weighted by molar-refractivity contribution is 8.26. The fraction of sp³-hybridized carbons (Fsp3) is 0.375. The Morgan fingerprint density at radius 3 is 2.52 bits per heavy atom. The largest absolute Gasteiger partial charge is 0.491 e. The minimum Gasteiger partial charge on any atom is -0.491 e. The topological polar surface area (TPSA) is 29.5 Å².